The Morgan fingerprint density at radius 1 is 1.59 bits per heavy atom. The van der Waals surface area contributed by atoms with Crippen molar-refractivity contribution >= 4 is 6.09 Å². The normalized spacial score (nSPS) is 21.8. The van der Waals surface area contributed by atoms with Gasteiger partial charge in [0.25, 0.3) is 0 Å². The number of hydrogen-bond donors (Lipinski definition) is 0. The Balaban J connectivity index is 2.67. The van der Waals surface area contributed by atoms with Crippen LogP contribution in [-0.4, -0.2) is 42.4 Å². The van der Waals surface area contributed by atoms with Crippen molar-refractivity contribution < 1.29 is 14.3 Å². The lowest BCUT2D eigenvalue weighted by Gasteiger charge is -2.31. The van der Waals surface area contributed by atoms with Crippen LogP contribution in [0, 0.1) is 0 Å². The van der Waals surface area contributed by atoms with E-state index in [0.717, 1.165) is 12.8 Å². The summed E-state index contributed by atoms with van der Waals surface area (Å²) >= 11 is 0. The maximum absolute atomic E-state index is 12.1. The zero-order chi connectivity index (χ0) is 12.9. The number of carbonyl (C=O) groups is 1. The zero-order valence-electron chi connectivity index (χ0n) is 11.1. The van der Waals surface area contributed by atoms with Crippen molar-refractivity contribution in [2.75, 3.05) is 19.8 Å². The van der Waals surface area contributed by atoms with E-state index in [2.05, 4.69) is 6.58 Å². The minimum Gasteiger partial charge on any atom is -0.444 e. The lowest BCUT2D eigenvalue weighted by molar-refractivity contribution is 0.0126. The molecule has 1 atom stereocenters. The Labute approximate surface area is 104 Å². The van der Waals surface area contributed by atoms with Gasteiger partial charge in [0.2, 0.25) is 0 Å². The summed E-state index contributed by atoms with van der Waals surface area (Å²) in [7, 11) is 0. The molecule has 0 N–H and O–H groups in total. The summed E-state index contributed by atoms with van der Waals surface area (Å²) in [4.78, 5) is 13.8. The summed E-state index contributed by atoms with van der Waals surface area (Å²) in [5, 5.41) is 0. The third-order valence-corrected chi connectivity index (χ3v) is 2.51. The molecule has 1 aliphatic rings. The van der Waals surface area contributed by atoms with Gasteiger partial charge in [-0.25, -0.2) is 4.79 Å². The Morgan fingerprint density at radius 2 is 2.29 bits per heavy atom. The van der Waals surface area contributed by atoms with Crippen LogP contribution in [0.1, 0.15) is 33.6 Å². The number of carbonyl (C=O) groups excluding carboxylic acids is 1. The first-order valence-corrected chi connectivity index (χ1v) is 6.12. The van der Waals surface area contributed by atoms with Gasteiger partial charge in [-0.15, -0.1) is 6.58 Å². The van der Waals surface area contributed by atoms with Gasteiger partial charge in [-0.2, -0.15) is 0 Å². The summed E-state index contributed by atoms with van der Waals surface area (Å²) in [6.45, 7) is 11.3. The van der Waals surface area contributed by atoms with Crippen molar-refractivity contribution in [3.05, 3.63) is 12.7 Å². The SMILES string of the molecule is C=CC[C@H]1COCCCN1C(=O)OC(C)(C)C. The highest BCUT2D eigenvalue weighted by molar-refractivity contribution is 5.68. The summed E-state index contributed by atoms with van der Waals surface area (Å²) in [5.74, 6) is 0. The lowest BCUT2D eigenvalue weighted by Crippen LogP contribution is -2.44. The fourth-order valence-electron chi connectivity index (χ4n) is 1.78. The summed E-state index contributed by atoms with van der Waals surface area (Å²) in [5.41, 5.74) is -0.455. The van der Waals surface area contributed by atoms with Gasteiger partial charge < -0.3 is 14.4 Å². The molecule has 1 aliphatic heterocycles. The molecular weight excluding hydrogens is 218 g/mol. The maximum atomic E-state index is 12.1. The molecule has 0 aromatic carbocycles. The van der Waals surface area contributed by atoms with Crippen LogP contribution in [0.5, 0.6) is 0 Å². The Bertz CT molecular complexity index is 270. The van der Waals surface area contributed by atoms with Gasteiger partial charge in [0.05, 0.1) is 12.6 Å². The molecule has 1 heterocycles. The van der Waals surface area contributed by atoms with Crippen LogP contribution in [0.25, 0.3) is 0 Å². The van der Waals surface area contributed by atoms with Crippen LogP contribution < -0.4 is 0 Å². The molecule has 4 heteroatoms. The average Bonchev–Trinajstić information content (AvgIpc) is 2.41. The van der Waals surface area contributed by atoms with E-state index in [1.54, 1.807) is 4.90 Å². The molecule has 17 heavy (non-hydrogen) atoms. The van der Waals surface area contributed by atoms with E-state index < -0.39 is 5.60 Å². The smallest absolute Gasteiger partial charge is 0.410 e. The van der Waals surface area contributed by atoms with E-state index in [1.807, 2.05) is 26.8 Å². The predicted molar refractivity (Wildman–Crippen MR) is 67.0 cm³/mol. The number of nitrogens with zero attached hydrogens (tertiary/aromatic N) is 1. The van der Waals surface area contributed by atoms with E-state index in [1.165, 1.54) is 0 Å². The summed E-state index contributed by atoms with van der Waals surface area (Å²) in [6.07, 6.45) is 3.15. The molecule has 0 radical (unpaired) electrons. The van der Waals surface area contributed by atoms with Crippen molar-refractivity contribution in [2.24, 2.45) is 0 Å². The second kappa shape index (κ2) is 6.05. The molecule has 1 rings (SSSR count). The summed E-state index contributed by atoms with van der Waals surface area (Å²) < 4.78 is 10.9. The van der Waals surface area contributed by atoms with Crippen LogP contribution in [-0.2, 0) is 9.47 Å². The van der Waals surface area contributed by atoms with Crippen LogP contribution in [0.3, 0.4) is 0 Å². The molecule has 0 aromatic heterocycles. The third-order valence-electron chi connectivity index (χ3n) is 2.51. The fraction of sp³-hybridized carbons (Fsp3) is 0.769. The van der Waals surface area contributed by atoms with Crippen molar-refractivity contribution in [1.82, 2.24) is 4.90 Å². The molecule has 0 bridgehead atoms. The molecule has 0 saturated carbocycles. The first kappa shape index (κ1) is 14.0. The minimum atomic E-state index is -0.455. The second-order valence-electron chi connectivity index (χ2n) is 5.28. The van der Waals surface area contributed by atoms with Crippen molar-refractivity contribution in [1.29, 1.82) is 0 Å². The highest BCUT2D eigenvalue weighted by Crippen LogP contribution is 2.16. The van der Waals surface area contributed by atoms with Crippen LogP contribution in [0.2, 0.25) is 0 Å². The van der Waals surface area contributed by atoms with Crippen LogP contribution in [0.4, 0.5) is 4.79 Å². The Hall–Kier alpha value is -1.03. The van der Waals surface area contributed by atoms with Gasteiger partial charge in [0.15, 0.2) is 0 Å². The van der Waals surface area contributed by atoms with Crippen LogP contribution in [0.15, 0.2) is 12.7 Å². The Morgan fingerprint density at radius 3 is 2.88 bits per heavy atom. The van der Waals surface area contributed by atoms with Gasteiger partial charge in [0, 0.05) is 13.2 Å². The minimum absolute atomic E-state index is 0.0462. The third kappa shape index (κ3) is 4.77. The van der Waals surface area contributed by atoms with Crippen molar-refractivity contribution in [3.63, 3.8) is 0 Å². The molecule has 0 spiro atoms. The maximum Gasteiger partial charge on any atom is 0.410 e. The topological polar surface area (TPSA) is 38.8 Å². The fourth-order valence-corrected chi connectivity index (χ4v) is 1.78. The standard InChI is InChI=1S/C13H23NO3/c1-5-7-11-10-16-9-6-8-14(11)12(15)17-13(2,3)4/h5,11H,1,6-10H2,2-4H3/t11-/m0/s1. The second-order valence-corrected chi connectivity index (χ2v) is 5.28. The van der Waals surface area contributed by atoms with E-state index in [0.29, 0.717) is 19.8 Å². The number of hydrogen-bond acceptors (Lipinski definition) is 3. The highest BCUT2D eigenvalue weighted by atomic mass is 16.6. The van der Waals surface area contributed by atoms with Gasteiger partial charge in [-0.3, -0.25) is 0 Å². The highest BCUT2D eigenvalue weighted by Gasteiger charge is 2.28. The number of amides is 1. The molecule has 0 unspecified atom stereocenters. The number of rotatable bonds is 2. The summed E-state index contributed by atoms with van der Waals surface area (Å²) in [6, 6.07) is 0.0462. The molecule has 4 nitrogen and oxygen atoms in total. The number of ether oxygens (including phenoxy) is 2. The first-order valence-electron chi connectivity index (χ1n) is 6.12. The molecule has 1 fully saturated rings. The molecule has 1 amide bonds. The van der Waals surface area contributed by atoms with Gasteiger partial charge in [0.1, 0.15) is 5.60 Å². The predicted octanol–water partition coefficient (Wildman–Crippen LogP) is 2.59. The molecule has 1 saturated heterocycles. The zero-order valence-corrected chi connectivity index (χ0v) is 11.1. The average molecular weight is 241 g/mol. The van der Waals surface area contributed by atoms with E-state index >= 15 is 0 Å². The molecular formula is C13H23NO3. The van der Waals surface area contributed by atoms with Gasteiger partial charge in [-0.1, -0.05) is 6.08 Å². The van der Waals surface area contributed by atoms with Gasteiger partial charge in [-0.05, 0) is 33.6 Å². The van der Waals surface area contributed by atoms with E-state index in [9.17, 15) is 4.79 Å². The Kier molecular flexibility index (Phi) is 5.00. The monoisotopic (exact) mass is 241 g/mol. The van der Waals surface area contributed by atoms with Crippen molar-refractivity contribution in [2.45, 2.75) is 45.3 Å². The van der Waals surface area contributed by atoms with Gasteiger partial charge >= 0.3 is 6.09 Å². The van der Waals surface area contributed by atoms with E-state index in [4.69, 9.17) is 9.47 Å². The van der Waals surface area contributed by atoms with Crippen molar-refractivity contribution in [3.8, 4) is 0 Å². The molecule has 98 valence electrons. The quantitative estimate of drug-likeness (QED) is 0.697. The first-order chi connectivity index (χ1) is 7.94. The largest absolute Gasteiger partial charge is 0.444 e. The van der Waals surface area contributed by atoms with E-state index in [-0.39, 0.29) is 12.1 Å². The lowest BCUT2D eigenvalue weighted by atomic mass is 10.2. The molecule has 0 aliphatic carbocycles. The van der Waals surface area contributed by atoms with Crippen LogP contribution >= 0.6 is 0 Å². The molecule has 0 aromatic rings.